The van der Waals surface area contributed by atoms with Gasteiger partial charge in [0.2, 0.25) is 5.91 Å². The van der Waals surface area contributed by atoms with E-state index in [0.29, 0.717) is 19.5 Å². The summed E-state index contributed by atoms with van der Waals surface area (Å²) in [4.78, 5) is 26.0. The lowest BCUT2D eigenvalue weighted by molar-refractivity contribution is -0.125. The zero-order valence-corrected chi connectivity index (χ0v) is 13.8. The summed E-state index contributed by atoms with van der Waals surface area (Å²) in [5.41, 5.74) is 0.219. The normalized spacial score (nSPS) is 17.9. The summed E-state index contributed by atoms with van der Waals surface area (Å²) >= 11 is 0. The molecule has 126 valence electrons. The number of amides is 2. The lowest BCUT2D eigenvalue weighted by atomic mass is 10.2. The fourth-order valence-electron chi connectivity index (χ4n) is 2.49. The molecule has 2 rings (SSSR count). The van der Waals surface area contributed by atoms with Gasteiger partial charge in [-0.1, -0.05) is 12.1 Å². The summed E-state index contributed by atoms with van der Waals surface area (Å²) in [5, 5.41) is 2.80. The van der Waals surface area contributed by atoms with Crippen LogP contribution in [-0.4, -0.2) is 35.1 Å². The number of carbonyl (C=O) groups excluding carboxylic acids is 2. The van der Waals surface area contributed by atoms with Crippen LogP contribution < -0.4 is 5.32 Å². The van der Waals surface area contributed by atoms with Gasteiger partial charge in [0.15, 0.2) is 0 Å². The third-order valence-electron chi connectivity index (χ3n) is 3.56. The molecule has 0 aliphatic carbocycles. The number of rotatable bonds is 3. The maximum atomic E-state index is 12.9. The number of benzene rings is 1. The molecule has 0 bridgehead atoms. The molecule has 1 N–H and O–H groups in total. The standard InChI is InChI=1S/C17H23FN2O3/c1-17(2,3)23-16(22)20-10-4-5-14(20)15(21)19-11-12-6-8-13(18)9-7-12/h6-9,14H,4-5,10-11H2,1-3H3,(H,19,21)/t14-/m1/s1. The van der Waals surface area contributed by atoms with E-state index in [1.165, 1.54) is 17.0 Å². The van der Waals surface area contributed by atoms with Crippen molar-refractivity contribution in [3.05, 3.63) is 35.6 Å². The SMILES string of the molecule is CC(C)(C)OC(=O)N1CCC[C@@H]1C(=O)NCc1ccc(F)cc1. The molecule has 0 unspecified atom stereocenters. The summed E-state index contributed by atoms with van der Waals surface area (Å²) in [6.45, 7) is 6.21. The number of carbonyl (C=O) groups is 2. The van der Waals surface area contributed by atoms with E-state index in [-0.39, 0.29) is 11.7 Å². The molecule has 0 radical (unpaired) electrons. The van der Waals surface area contributed by atoms with Gasteiger partial charge in [-0.25, -0.2) is 9.18 Å². The van der Waals surface area contributed by atoms with Gasteiger partial charge in [-0.3, -0.25) is 9.69 Å². The van der Waals surface area contributed by atoms with Gasteiger partial charge in [0.05, 0.1) is 0 Å². The summed E-state index contributed by atoms with van der Waals surface area (Å²) in [6, 6.07) is 5.44. The maximum Gasteiger partial charge on any atom is 0.410 e. The van der Waals surface area contributed by atoms with E-state index >= 15 is 0 Å². The van der Waals surface area contributed by atoms with Crippen LogP contribution in [0.1, 0.15) is 39.2 Å². The molecule has 2 amide bonds. The Morgan fingerprint density at radius 2 is 1.96 bits per heavy atom. The Kier molecular flexibility index (Phi) is 5.23. The zero-order chi connectivity index (χ0) is 17.0. The highest BCUT2D eigenvalue weighted by Crippen LogP contribution is 2.21. The molecule has 6 heteroatoms. The Bertz CT molecular complexity index is 566. The van der Waals surface area contributed by atoms with Crippen molar-refractivity contribution in [1.82, 2.24) is 10.2 Å². The van der Waals surface area contributed by atoms with E-state index in [9.17, 15) is 14.0 Å². The van der Waals surface area contributed by atoms with Crippen LogP contribution >= 0.6 is 0 Å². The molecule has 1 heterocycles. The molecular formula is C17H23FN2O3. The minimum absolute atomic E-state index is 0.210. The van der Waals surface area contributed by atoms with Crippen molar-refractivity contribution in [2.75, 3.05) is 6.54 Å². The monoisotopic (exact) mass is 322 g/mol. The van der Waals surface area contributed by atoms with Crippen LogP contribution in [0.15, 0.2) is 24.3 Å². The second-order valence-corrected chi connectivity index (χ2v) is 6.68. The van der Waals surface area contributed by atoms with E-state index in [1.54, 1.807) is 32.9 Å². The predicted octanol–water partition coefficient (Wildman–Crippen LogP) is 2.84. The van der Waals surface area contributed by atoms with Gasteiger partial charge < -0.3 is 10.1 Å². The fourth-order valence-corrected chi connectivity index (χ4v) is 2.49. The molecule has 0 saturated carbocycles. The maximum absolute atomic E-state index is 12.9. The predicted molar refractivity (Wildman–Crippen MR) is 84.2 cm³/mol. The van der Waals surface area contributed by atoms with E-state index in [4.69, 9.17) is 4.74 Å². The van der Waals surface area contributed by atoms with E-state index in [0.717, 1.165) is 12.0 Å². The lowest BCUT2D eigenvalue weighted by Gasteiger charge is -2.28. The number of hydrogen-bond acceptors (Lipinski definition) is 3. The first-order valence-corrected chi connectivity index (χ1v) is 7.78. The van der Waals surface area contributed by atoms with Crippen molar-refractivity contribution in [2.45, 2.75) is 51.8 Å². The van der Waals surface area contributed by atoms with E-state index in [1.807, 2.05) is 0 Å². The Morgan fingerprint density at radius 1 is 1.30 bits per heavy atom. The molecule has 1 atom stereocenters. The molecule has 0 spiro atoms. The summed E-state index contributed by atoms with van der Waals surface area (Å²) < 4.78 is 18.2. The topological polar surface area (TPSA) is 58.6 Å². The molecule has 1 saturated heterocycles. The van der Waals surface area contributed by atoms with Crippen LogP contribution in [0.2, 0.25) is 0 Å². The van der Waals surface area contributed by atoms with Crippen LogP contribution in [0.3, 0.4) is 0 Å². The number of ether oxygens (including phenoxy) is 1. The van der Waals surface area contributed by atoms with Crippen LogP contribution in [0.25, 0.3) is 0 Å². The van der Waals surface area contributed by atoms with Gasteiger partial charge in [-0.2, -0.15) is 0 Å². The zero-order valence-electron chi connectivity index (χ0n) is 13.8. The molecule has 1 aliphatic rings. The van der Waals surface area contributed by atoms with E-state index in [2.05, 4.69) is 5.32 Å². The second kappa shape index (κ2) is 6.98. The second-order valence-electron chi connectivity index (χ2n) is 6.68. The molecule has 1 aromatic rings. The number of halogens is 1. The average Bonchev–Trinajstić information content (AvgIpc) is 2.94. The van der Waals surface area contributed by atoms with Gasteiger partial charge in [0.25, 0.3) is 0 Å². The Morgan fingerprint density at radius 3 is 2.57 bits per heavy atom. The average molecular weight is 322 g/mol. The third kappa shape index (κ3) is 4.94. The van der Waals surface area contributed by atoms with Crippen LogP contribution in [0.5, 0.6) is 0 Å². The molecule has 5 nitrogen and oxygen atoms in total. The van der Waals surface area contributed by atoms with Gasteiger partial charge in [-0.05, 0) is 51.3 Å². The van der Waals surface area contributed by atoms with Crippen molar-refractivity contribution in [3.8, 4) is 0 Å². The molecule has 1 aliphatic heterocycles. The molecular weight excluding hydrogens is 299 g/mol. The third-order valence-corrected chi connectivity index (χ3v) is 3.56. The van der Waals surface area contributed by atoms with Crippen molar-refractivity contribution >= 4 is 12.0 Å². The molecule has 23 heavy (non-hydrogen) atoms. The highest BCUT2D eigenvalue weighted by Gasteiger charge is 2.36. The van der Waals surface area contributed by atoms with Crippen LogP contribution in [0, 0.1) is 5.82 Å². The van der Waals surface area contributed by atoms with E-state index < -0.39 is 17.7 Å². The Balaban J connectivity index is 1.92. The molecule has 1 aromatic carbocycles. The Labute approximate surface area is 135 Å². The van der Waals surface area contributed by atoms with Gasteiger partial charge in [0.1, 0.15) is 17.5 Å². The molecule has 0 aromatic heterocycles. The van der Waals surface area contributed by atoms with Gasteiger partial charge in [-0.15, -0.1) is 0 Å². The van der Waals surface area contributed by atoms with Gasteiger partial charge in [0, 0.05) is 13.1 Å². The highest BCUT2D eigenvalue weighted by atomic mass is 19.1. The fraction of sp³-hybridized carbons (Fsp3) is 0.529. The minimum Gasteiger partial charge on any atom is -0.444 e. The van der Waals surface area contributed by atoms with Crippen molar-refractivity contribution < 1.29 is 18.7 Å². The number of likely N-dealkylation sites (tertiary alicyclic amines) is 1. The van der Waals surface area contributed by atoms with Crippen LogP contribution in [0.4, 0.5) is 9.18 Å². The quantitative estimate of drug-likeness (QED) is 0.931. The number of nitrogens with zero attached hydrogens (tertiary/aromatic N) is 1. The van der Waals surface area contributed by atoms with Gasteiger partial charge >= 0.3 is 6.09 Å². The number of nitrogens with one attached hydrogen (secondary N) is 1. The minimum atomic E-state index is -0.588. The smallest absolute Gasteiger partial charge is 0.410 e. The van der Waals surface area contributed by atoms with Crippen molar-refractivity contribution in [1.29, 1.82) is 0 Å². The molecule has 1 fully saturated rings. The number of hydrogen-bond donors (Lipinski definition) is 1. The summed E-state index contributed by atoms with van der Waals surface area (Å²) in [7, 11) is 0. The summed E-state index contributed by atoms with van der Waals surface area (Å²) in [6.07, 6.45) is 0.930. The van der Waals surface area contributed by atoms with Crippen LogP contribution in [-0.2, 0) is 16.1 Å². The lowest BCUT2D eigenvalue weighted by Crippen LogP contribution is -2.47. The first-order chi connectivity index (χ1) is 10.8. The first kappa shape index (κ1) is 17.2. The largest absolute Gasteiger partial charge is 0.444 e. The van der Waals surface area contributed by atoms with Crippen molar-refractivity contribution in [3.63, 3.8) is 0 Å². The Hall–Kier alpha value is -2.11. The van der Waals surface area contributed by atoms with Crippen molar-refractivity contribution in [2.24, 2.45) is 0 Å². The summed E-state index contributed by atoms with van der Waals surface area (Å²) in [5.74, 6) is -0.523. The highest BCUT2D eigenvalue weighted by molar-refractivity contribution is 5.86. The first-order valence-electron chi connectivity index (χ1n) is 7.78.